The van der Waals surface area contributed by atoms with Gasteiger partial charge in [-0.2, -0.15) is 0 Å². The Morgan fingerprint density at radius 3 is 3.22 bits per heavy atom. The second-order valence-electron chi connectivity index (χ2n) is 2.07. The Morgan fingerprint density at radius 2 is 2.44 bits per heavy atom. The van der Waals surface area contributed by atoms with Crippen LogP contribution in [-0.4, -0.2) is 10.7 Å². The Kier molecular flexibility index (Phi) is 1.27. The van der Waals surface area contributed by atoms with Crippen molar-refractivity contribution in [2.75, 3.05) is 5.75 Å². The largest absolute Gasteiger partial charge is 0.245 e. The van der Waals surface area contributed by atoms with E-state index < -0.39 is 0 Å². The average Bonchev–Trinajstić information content (AvgIpc) is 2.22. The molecule has 0 aliphatic carbocycles. The number of rotatable bonds is 0. The topological polar surface area (TPSA) is 12.9 Å². The molecule has 0 aromatic carbocycles. The lowest BCUT2D eigenvalue weighted by Gasteiger charge is -1.80. The molecule has 2 rings (SSSR count). The first-order chi connectivity index (χ1) is 4.36. The van der Waals surface area contributed by atoms with Crippen LogP contribution in [0.5, 0.6) is 0 Å². The van der Waals surface area contributed by atoms with Crippen molar-refractivity contribution >= 4 is 23.1 Å². The second-order valence-corrected chi connectivity index (χ2v) is 4.63. The number of thiazole rings is 1. The van der Waals surface area contributed by atoms with Crippen LogP contribution in [0.3, 0.4) is 0 Å². The first-order valence-corrected chi connectivity index (χ1v) is 4.75. The van der Waals surface area contributed by atoms with Crippen LogP contribution in [0, 0.1) is 6.92 Å². The fourth-order valence-electron chi connectivity index (χ4n) is 0.963. The van der Waals surface area contributed by atoms with E-state index in [2.05, 4.69) is 11.9 Å². The third-order valence-corrected chi connectivity index (χ3v) is 3.66. The third kappa shape index (κ3) is 0.883. The molecule has 0 atom stereocenters. The van der Waals surface area contributed by atoms with Crippen molar-refractivity contribution in [3.8, 4) is 0 Å². The van der Waals surface area contributed by atoms with E-state index in [4.69, 9.17) is 0 Å². The summed E-state index contributed by atoms with van der Waals surface area (Å²) in [6, 6.07) is 0. The molecule has 1 aromatic heterocycles. The van der Waals surface area contributed by atoms with Gasteiger partial charge in [-0.25, -0.2) is 4.98 Å². The van der Waals surface area contributed by atoms with Gasteiger partial charge in [0.05, 0.1) is 14.9 Å². The summed E-state index contributed by atoms with van der Waals surface area (Å²) in [5, 5.41) is 1.22. The Balaban J connectivity index is 2.51. The minimum atomic E-state index is 1.18. The number of fused-ring (bicyclic) bond motifs is 1. The van der Waals surface area contributed by atoms with Crippen LogP contribution in [0.1, 0.15) is 10.7 Å². The molecule has 1 nitrogen and oxygen atoms in total. The number of nitrogens with zero attached hydrogens (tertiary/aromatic N) is 1. The molecule has 1 aromatic rings. The minimum absolute atomic E-state index is 1.18. The zero-order valence-corrected chi connectivity index (χ0v) is 6.81. The number of thioether (sulfide) groups is 1. The number of hydrogen-bond acceptors (Lipinski definition) is 3. The molecule has 1 aliphatic heterocycles. The average molecular weight is 157 g/mol. The molecule has 0 fully saturated rings. The van der Waals surface area contributed by atoms with Gasteiger partial charge < -0.3 is 0 Å². The maximum absolute atomic E-state index is 4.39. The van der Waals surface area contributed by atoms with Crippen molar-refractivity contribution < 1.29 is 0 Å². The molecule has 48 valence electrons. The van der Waals surface area contributed by atoms with Crippen LogP contribution in [0.2, 0.25) is 0 Å². The summed E-state index contributed by atoms with van der Waals surface area (Å²) in [7, 11) is 0. The van der Waals surface area contributed by atoms with Gasteiger partial charge in [0, 0.05) is 12.2 Å². The van der Waals surface area contributed by atoms with Gasteiger partial charge in [-0.15, -0.1) is 23.1 Å². The molecule has 0 amide bonds. The molecule has 1 aliphatic rings. The highest BCUT2D eigenvalue weighted by Crippen LogP contribution is 2.35. The van der Waals surface area contributed by atoms with Crippen molar-refractivity contribution in [2.45, 2.75) is 17.6 Å². The van der Waals surface area contributed by atoms with Crippen molar-refractivity contribution in [1.29, 1.82) is 0 Å². The normalized spacial score (nSPS) is 16.1. The molecule has 0 N–H and O–H groups in total. The van der Waals surface area contributed by atoms with E-state index in [1.807, 2.05) is 23.1 Å². The monoisotopic (exact) mass is 157 g/mol. The second kappa shape index (κ2) is 1.99. The van der Waals surface area contributed by atoms with E-state index >= 15 is 0 Å². The molecule has 2 heterocycles. The van der Waals surface area contributed by atoms with Crippen molar-refractivity contribution in [2.24, 2.45) is 0 Å². The summed E-state index contributed by atoms with van der Waals surface area (Å²) in [6.07, 6.45) is 1.18. The van der Waals surface area contributed by atoms with Crippen molar-refractivity contribution in [3.05, 3.63) is 10.7 Å². The van der Waals surface area contributed by atoms with Gasteiger partial charge in [-0.05, 0) is 6.92 Å². The molecule has 0 bridgehead atoms. The van der Waals surface area contributed by atoms with Gasteiger partial charge in [0.25, 0.3) is 0 Å². The van der Waals surface area contributed by atoms with Gasteiger partial charge in [0.15, 0.2) is 0 Å². The zero-order chi connectivity index (χ0) is 6.27. The molecular weight excluding hydrogens is 150 g/mol. The standard InChI is InChI=1S/C6H7NS2/c1-4-7-5-2-3-8-6(5)9-4/h2-3H2,1H3. The first-order valence-electron chi connectivity index (χ1n) is 2.95. The lowest BCUT2D eigenvalue weighted by molar-refractivity contribution is 1.05. The van der Waals surface area contributed by atoms with E-state index in [0.29, 0.717) is 0 Å². The molecular formula is C6H7NS2. The van der Waals surface area contributed by atoms with Crippen LogP contribution in [0.4, 0.5) is 0 Å². The van der Waals surface area contributed by atoms with Crippen LogP contribution in [-0.2, 0) is 6.42 Å². The molecule has 9 heavy (non-hydrogen) atoms. The summed E-state index contributed by atoms with van der Waals surface area (Å²) in [5.74, 6) is 1.24. The van der Waals surface area contributed by atoms with Gasteiger partial charge in [-0.1, -0.05) is 0 Å². The molecule has 0 saturated heterocycles. The maximum atomic E-state index is 4.39. The molecule has 3 heteroatoms. The summed E-state index contributed by atoms with van der Waals surface area (Å²) >= 11 is 3.77. The molecule has 0 spiro atoms. The minimum Gasteiger partial charge on any atom is -0.245 e. The fraction of sp³-hybridized carbons (Fsp3) is 0.500. The van der Waals surface area contributed by atoms with Gasteiger partial charge >= 0.3 is 0 Å². The third-order valence-electron chi connectivity index (χ3n) is 1.34. The SMILES string of the molecule is Cc1nc2c(s1)SCC2. The van der Waals surface area contributed by atoms with Gasteiger partial charge in [0.2, 0.25) is 0 Å². The quantitative estimate of drug-likeness (QED) is 0.572. The number of aryl methyl sites for hydroxylation is 2. The van der Waals surface area contributed by atoms with E-state index in [-0.39, 0.29) is 0 Å². The maximum Gasteiger partial charge on any atom is 0.0909 e. The summed E-state index contributed by atoms with van der Waals surface area (Å²) in [6.45, 7) is 2.07. The van der Waals surface area contributed by atoms with Crippen molar-refractivity contribution in [3.63, 3.8) is 0 Å². The predicted molar refractivity (Wildman–Crippen MR) is 41.3 cm³/mol. The number of aromatic nitrogens is 1. The van der Waals surface area contributed by atoms with Crippen LogP contribution in [0.15, 0.2) is 4.21 Å². The zero-order valence-electron chi connectivity index (χ0n) is 5.18. The predicted octanol–water partition coefficient (Wildman–Crippen LogP) is 2.10. The van der Waals surface area contributed by atoms with Crippen LogP contribution >= 0.6 is 23.1 Å². The van der Waals surface area contributed by atoms with E-state index in [1.54, 1.807) is 0 Å². The van der Waals surface area contributed by atoms with Gasteiger partial charge in [-0.3, -0.25) is 0 Å². The van der Waals surface area contributed by atoms with Crippen LogP contribution in [0.25, 0.3) is 0 Å². The Labute approximate surface area is 62.5 Å². The van der Waals surface area contributed by atoms with Gasteiger partial charge in [0.1, 0.15) is 0 Å². The smallest absolute Gasteiger partial charge is 0.0909 e. The van der Waals surface area contributed by atoms with E-state index in [0.717, 1.165) is 0 Å². The Hall–Kier alpha value is -0.0200. The first kappa shape index (κ1) is 5.74. The van der Waals surface area contributed by atoms with Crippen LogP contribution < -0.4 is 0 Å². The Bertz CT molecular complexity index is 207. The highest BCUT2D eigenvalue weighted by atomic mass is 32.2. The molecule has 0 unspecified atom stereocenters. The highest BCUT2D eigenvalue weighted by molar-refractivity contribution is 8.01. The fourth-order valence-corrected chi connectivity index (χ4v) is 3.30. The summed E-state index contributed by atoms with van der Waals surface area (Å²) in [4.78, 5) is 4.39. The lowest BCUT2D eigenvalue weighted by atomic mass is 10.4. The van der Waals surface area contributed by atoms with Crippen molar-refractivity contribution in [1.82, 2.24) is 4.98 Å². The van der Waals surface area contributed by atoms with E-state index in [9.17, 15) is 0 Å². The summed E-state index contributed by atoms with van der Waals surface area (Å²) in [5.41, 5.74) is 1.34. The van der Waals surface area contributed by atoms with E-state index in [1.165, 1.54) is 27.1 Å². The molecule has 0 saturated carbocycles. The number of hydrogen-bond donors (Lipinski definition) is 0. The molecule has 0 radical (unpaired) electrons. The Morgan fingerprint density at radius 1 is 1.56 bits per heavy atom. The summed E-state index contributed by atoms with van der Waals surface area (Å²) < 4.78 is 1.45. The lowest BCUT2D eigenvalue weighted by Crippen LogP contribution is -1.80. The highest BCUT2D eigenvalue weighted by Gasteiger charge is 2.14.